The second-order valence-corrected chi connectivity index (χ2v) is 8.32. The molecular formula is C23H37NO8S. The number of carbonyl (C=O) groups excluding carboxylic acids is 1. The number of hydrogen-bond donors (Lipinski definition) is 1. The Bertz CT molecular complexity index is 695. The molecule has 1 N–H and O–H groups in total. The Labute approximate surface area is 200 Å². The van der Waals surface area contributed by atoms with Crippen LogP contribution in [0.15, 0.2) is 28.7 Å². The summed E-state index contributed by atoms with van der Waals surface area (Å²) in [7, 11) is 4.75. The molecule has 0 aromatic carbocycles. The number of aliphatic hydroxyl groups excluding tert-OH is 1. The van der Waals surface area contributed by atoms with Crippen molar-refractivity contribution in [2.45, 2.75) is 31.8 Å². The van der Waals surface area contributed by atoms with Crippen LogP contribution < -0.4 is 0 Å². The monoisotopic (exact) mass is 487 g/mol. The summed E-state index contributed by atoms with van der Waals surface area (Å²) in [6.07, 6.45) is 1.48. The Hall–Kier alpha value is -1.53. The molecule has 0 radical (unpaired) electrons. The van der Waals surface area contributed by atoms with Gasteiger partial charge in [0.1, 0.15) is 0 Å². The van der Waals surface area contributed by atoms with E-state index >= 15 is 0 Å². The summed E-state index contributed by atoms with van der Waals surface area (Å²) in [6, 6.07) is 2.06. The van der Waals surface area contributed by atoms with Crippen LogP contribution in [-0.2, 0) is 33.2 Å². The summed E-state index contributed by atoms with van der Waals surface area (Å²) in [5, 5.41) is 12.9. The predicted molar refractivity (Wildman–Crippen MR) is 124 cm³/mol. The van der Waals surface area contributed by atoms with Gasteiger partial charge >= 0.3 is 0 Å². The Morgan fingerprint density at radius 3 is 2.55 bits per heavy atom. The van der Waals surface area contributed by atoms with Crippen molar-refractivity contribution in [1.29, 1.82) is 0 Å². The fraction of sp³-hybridized carbons (Fsp3) is 0.696. The molecule has 10 heteroatoms. The molecule has 1 aromatic rings. The maximum absolute atomic E-state index is 13.1. The van der Waals surface area contributed by atoms with Gasteiger partial charge in [0.05, 0.1) is 33.0 Å². The van der Waals surface area contributed by atoms with E-state index in [1.165, 1.54) is 19.1 Å². The molecule has 1 aliphatic rings. The van der Waals surface area contributed by atoms with Crippen LogP contribution in [0, 0.1) is 5.92 Å². The highest BCUT2D eigenvalue weighted by Gasteiger charge is 2.39. The molecule has 1 amide bonds. The zero-order chi connectivity index (χ0) is 24.1. The van der Waals surface area contributed by atoms with Gasteiger partial charge in [-0.05, 0) is 41.8 Å². The van der Waals surface area contributed by atoms with Gasteiger partial charge in [0.25, 0.3) is 5.91 Å². The molecule has 33 heavy (non-hydrogen) atoms. The van der Waals surface area contributed by atoms with Gasteiger partial charge in [0, 0.05) is 46.3 Å². The quantitative estimate of drug-likeness (QED) is 0.280. The van der Waals surface area contributed by atoms with Crippen LogP contribution in [0.5, 0.6) is 0 Å². The van der Waals surface area contributed by atoms with Crippen LogP contribution in [0.25, 0.3) is 0 Å². The maximum Gasteiger partial charge on any atom is 0.288 e. The molecule has 0 spiro atoms. The molecular weight excluding hydrogens is 450 g/mol. The van der Waals surface area contributed by atoms with E-state index in [0.717, 1.165) is 5.56 Å². The van der Waals surface area contributed by atoms with E-state index in [0.29, 0.717) is 39.5 Å². The molecule has 0 fully saturated rings. The van der Waals surface area contributed by atoms with E-state index in [4.69, 9.17) is 33.5 Å². The van der Waals surface area contributed by atoms with Crippen molar-refractivity contribution in [3.05, 3.63) is 34.2 Å². The van der Waals surface area contributed by atoms with E-state index in [-0.39, 0.29) is 36.7 Å². The van der Waals surface area contributed by atoms with Crippen molar-refractivity contribution in [2.75, 3.05) is 67.5 Å². The number of hydrogen-bond acceptors (Lipinski definition) is 9. The summed E-state index contributed by atoms with van der Waals surface area (Å²) in [5.41, 5.74) is 1.11. The molecule has 0 saturated carbocycles. The number of carbonyl (C=O) groups is 1. The smallest absolute Gasteiger partial charge is 0.288 e. The molecule has 2 rings (SSSR count). The topological polar surface area (TPSA) is 95.9 Å². The van der Waals surface area contributed by atoms with Gasteiger partial charge in [0.15, 0.2) is 12.0 Å². The first kappa shape index (κ1) is 27.7. The Kier molecular flexibility index (Phi) is 12.9. The summed E-state index contributed by atoms with van der Waals surface area (Å²) in [6.45, 7) is 4.31. The first-order chi connectivity index (χ1) is 16.0. The average molecular weight is 488 g/mol. The van der Waals surface area contributed by atoms with Crippen molar-refractivity contribution in [3.8, 4) is 0 Å². The van der Waals surface area contributed by atoms with Crippen LogP contribution in [-0.4, -0.2) is 95.9 Å². The second-order valence-electron chi connectivity index (χ2n) is 7.54. The van der Waals surface area contributed by atoms with Crippen molar-refractivity contribution >= 4 is 17.2 Å². The van der Waals surface area contributed by atoms with Gasteiger partial charge < -0.3 is 38.4 Å². The first-order valence-corrected chi connectivity index (χ1v) is 12.1. The number of rotatable bonds is 16. The fourth-order valence-corrected chi connectivity index (χ4v) is 4.33. The predicted octanol–water partition coefficient (Wildman–Crippen LogP) is 2.22. The zero-order valence-corrected chi connectivity index (χ0v) is 20.8. The lowest BCUT2D eigenvalue weighted by Crippen LogP contribution is -2.42. The lowest BCUT2D eigenvalue weighted by molar-refractivity contribution is -0.174. The number of allylic oxidation sites excluding steroid dienone is 1. The van der Waals surface area contributed by atoms with E-state index in [2.05, 4.69) is 11.4 Å². The molecule has 1 aliphatic heterocycles. The molecule has 188 valence electrons. The average Bonchev–Trinajstić information content (AvgIpc) is 3.36. The van der Waals surface area contributed by atoms with Gasteiger partial charge in [-0.25, -0.2) is 0 Å². The first-order valence-electron chi connectivity index (χ1n) is 11.1. The van der Waals surface area contributed by atoms with Gasteiger partial charge in [-0.1, -0.05) is 0 Å². The van der Waals surface area contributed by atoms with Crippen LogP contribution in [0.4, 0.5) is 0 Å². The summed E-state index contributed by atoms with van der Waals surface area (Å²) in [4.78, 5) is 14.7. The van der Waals surface area contributed by atoms with Crippen LogP contribution >= 0.6 is 11.3 Å². The summed E-state index contributed by atoms with van der Waals surface area (Å²) in [5.74, 6) is -0.0725. The molecule has 2 heterocycles. The SMILES string of the molecule is CCO[C@@H]1OC(C(=O)N(C)CC(OC)OC)=C[C@H](c2ccsc2)[C@@H]1CCOCCOCCO. The zero-order valence-electron chi connectivity index (χ0n) is 19.9. The third-order valence-electron chi connectivity index (χ3n) is 5.35. The molecule has 0 bridgehead atoms. The van der Waals surface area contributed by atoms with Crippen molar-refractivity contribution in [1.82, 2.24) is 4.90 Å². The minimum atomic E-state index is -0.577. The normalized spacial score (nSPS) is 20.5. The Balaban J connectivity index is 2.13. The highest BCUT2D eigenvalue weighted by Crippen LogP contribution is 2.39. The Morgan fingerprint density at radius 2 is 1.94 bits per heavy atom. The second kappa shape index (κ2) is 15.4. The molecule has 0 aliphatic carbocycles. The van der Waals surface area contributed by atoms with E-state index in [1.807, 2.05) is 18.4 Å². The number of thiophene rings is 1. The van der Waals surface area contributed by atoms with Crippen LogP contribution in [0.3, 0.4) is 0 Å². The third-order valence-corrected chi connectivity index (χ3v) is 6.05. The number of aliphatic hydroxyl groups is 1. The molecule has 0 unspecified atom stereocenters. The molecule has 1 aromatic heterocycles. The van der Waals surface area contributed by atoms with Crippen LogP contribution in [0.2, 0.25) is 0 Å². The molecule has 0 saturated heterocycles. The van der Waals surface area contributed by atoms with Crippen LogP contribution in [0.1, 0.15) is 24.8 Å². The number of ether oxygens (including phenoxy) is 6. The van der Waals surface area contributed by atoms with Crippen molar-refractivity contribution in [2.24, 2.45) is 5.92 Å². The van der Waals surface area contributed by atoms with E-state index < -0.39 is 12.6 Å². The third kappa shape index (κ3) is 8.64. The lowest BCUT2D eigenvalue weighted by atomic mass is 9.82. The largest absolute Gasteiger partial charge is 0.459 e. The number of methoxy groups -OCH3 is 2. The lowest BCUT2D eigenvalue weighted by Gasteiger charge is -2.37. The van der Waals surface area contributed by atoms with Gasteiger partial charge in [0.2, 0.25) is 6.29 Å². The molecule has 9 nitrogen and oxygen atoms in total. The minimum absolute atomic E-state index is 0.00204. The number of amides is 1. The van der Waals surface area contributed by atoms with Crippen molar-refractivity contribution in [3.63, 3.8) is 0 Å². The van der Waals surface area contributed by atoms with Gasteiger partial charge in [-0.3, -0.25) is 4.79 Å². The number of likely N-dealkylation sites (N-methyl/N-ethyl adjacent to an activating group) is 1. The van der Waals surface area contributed by atoms with E-state index in [1.54, 1.807) is 18.4 Å². The highest BCUT2D eigenvalue weighted by atomic mass is 32.1. The minimum Gasteiger partial charge on any atom is -0.459 e. The highest BCUT2D eigenvalue weighted by molar-refractivity contribution is 7.08. The summed E-state index contributed by atoms with van der Waals surface area (Å²) < 4.78 is 33.4. The summed E-state index contributed by atoms with van der Waals surface area (Å²) >= 11 is 1.61. The maximum atomic E-state index is 13.1. The fourth-order valence-electron chi connectivity index (χ4n) is 3.62. The standard InChI is InChI=1S/C23H37NO8S/c1-5-31-23-18(6-9-29-11-12-30-10-8-25)19(17-7-13-33-16-17)14-20(32-23)22(26)24(2)15-21(27-3)28-4/h7,13-14,16,18-19,21,23,25H,5-6,8-12,15H2,1-4H3/t18-,19+,23+/m0/s1. The van der Waals surface area contributed by atoms with Gasteiger partial charge in [-0.2, -0.15) is 11.3 Å². The Morgan fingerprint density at radius 1 is 1.21 bits per heavy atom. The molecule has 3 atom stereocenters. The van der Waals surface area contributed by atoms with E-state index in [9.17, 15) is 4.79 Å². The van der Waals surface area contributed by atoms with Gasteiger partial charge in [-0.15, -0.1) is 0 Å². The number of nitrogens with zero attached hydrogens (tertiary/aromatic N) is 1. The van der Waals surface area contributed by atoms with Crippen molar-refractivity contribution < 1.29 is 38.3 Å².